The van der Waals surface area contributed by atoms with E-state index in [1.54, 1.807) is 58.2 Å². The van der Waals surface area contributed by atoms with Crippen LogP contribution in [-0.4, -0.2) is 45.1 Å². The second-order valence-electron chi connectivity index (χ2n) is 7.85. The third-order valence-corrected chi connectivity index (χ3v) is 7.02. The van der Waals surface area contributed by atoms with Gasteiger partial charge < -0.3 is 10.4 Å². The maximum Gasteiger partial charge on any atom is 0.322 e. The SMILES string of the molecule is C[n+]1ccc(S(=O)(=O)N(Cc2ccc(-n3cccn3)cc2)Cc2cccc(NCC(=O)O)n2)cc1. The molecule has 11 heteroatoms. The number of carboxylic acids is 1. The molecular formula is C24H25N6O4S+. The second kappa shape index (κ2) is 10.5. The van der Waals surface area contributed by atoms with E-state index < -0.39 is 16.0 Å². The molecule has 4 aromatic rings. The van der Waals surface area contributed by atoms with E-state index in [1.165, 1.54) is 4.31 Å². The summed E-state index contributed by atoms with van der Waals surface area (Å²) >= 11 is 0. The fraction of sp³-hybridized carbons (Fsp3) is 0.167. The van der Waals surface area contributed by atoms with E-state index >= 15 is 0 Å². The lowest BCUT2D eigenvalue weighted by Gasteiger charge is -2.22. The minimum Gasteiger partial charge on any atom is -0.480 e. The van der Waals surface area contributed by atoms with E-state index in [0.717, 1.165) is 11.3 Å². The van der Waals surface area contributed by atoms with Gasteiger partial charge in [-0.2, -0.15) is 9.40 Å². The molecule has 0 amide bonds. The van der Waals surface area contributed by atoms with Crippen LogP contribution in [0.25, 0.3) is 5.69 Å². The number of nitrogens with one attached hydrogen (secondary N) is 1. The van der Waals surface area contributed by atoms with Crippen molar-refractivity contribution in [2.45, 2.75) is 18.0 Å². The van der Waals surface area contributed by atoms with Gasteiger partial charge in [-0.1, -0.05) is 18.2 Å². The summed E-state index contributed by atoms with van der Waals surface area (Å²) < 4.78 is 32.0. The molecule has 0 saturated heterocycles. The van der Waals surface area contributed by atoms with Gasteiger partial charge in [0.05, 0.1) is 22.8 Å². The Balaban J connectivity index is 1.62. The van der Waals surface area contributed by atoms with Crippen molar-refractivity contribution in [3.8, 4) is 5.69 Å². The fourth-order valence-electron chi connectivity index (χ4n) is 3.43. The number of nitrogens with zero attached hydrogens (tertiary/aromatic N) is 5. The molecule has 0 aliphatic rings. The zero-order valence-corrected chi connectivity index (χ0v) is 19.8. The van der Waals surface area contributed by atoms with E-state index in [4.69, 9.17) is 5.11 Å². The van der Waals surface area contributed by atoms with Crippen LogP contribution < -0.4 is 9.88 Å². The summed E-state index contributed by atoms with van der Waals surface area (Å²) in [5.41, 5.74) is 2.15. The van der Waals surface area contributed by atoms with Gasteiger partial charge in [-0.05, 0) is 35.9 Å². The Morgan fingerprint density at radius 3 is 2.46 bits per heavy atom. The molecule has 0 fully saturated rings. The lowest BCUT2D eigenvalue weighted by molar-refractivity contribution is -0.671. The standard InChI is InChI=1S/C24H24N6O4S/c1-28-14-10-22(11-15-28)35(33,34)29(18-20-4-2-5-23(27-20)25-16-24(31)32)17-19-6-8-21(9-7-19)30-13-3-12-26-30/h2-15H,16-18H2,1H3,(H-,25,27,31,32)/p+1. The van der Waals surface area contributed by atoms with Gasteiger partial charge in [0.25, 0.3) is 0 Å². The fourth-order valence-corrected chi connectivity index (χ4v) is 4.81. The van der Waals surface area contributed by atoms with Gasteiger partial charge in [-0.25, -0.2) is 22.7 Å². The maximum atomic E-state index is 13.6. The molecule has 0 saturated carbocycles. The minimum atomic E-state index is -3.86. The molecule has 0 spiro atoms. The number of hydrogen-bond donors (Lipinski definition) is 2. The first-order chi connectivity index (χ1) is 16.8. The predicted molar refractivity (Wildman–Crippen MR) is 128 cm³/mol. The van der Waals surface area contributed by atoms with Crippen molar-refractivity contribution < 1.29 is 22.9 Å². The van der Waals surface area contributed by atoms with Crippen molar-refractivity contribution >= 4 is 21.8 Å². The summed E-state index contributed by atoms with van der Waals surface area (Å²) in [6, 6.07) is 17.5. The number of aromatic nitrogens is 4. The number of sulfonamides is 1. The van der Waals surface area contributed by atoms with Crippen LogP contribution in [0, 0.1) is 0 Å². The number of aliphatic carboxylic acids is 1. The highest BCUT2D eigenvalue weighted by Gasteiger charge is 2.26. The average molecular weight is 494 g/mol. The van der Waals surface area contributed by atoms with Crippen LogP contribution in [0.4, 0.5) is 5.82 Å². The van der Waals surface area contributed by atoms with Crippen LogP contribution in [-0.2, 0) is 35.0 Å². The highest BCUT2D eigenvalue weighted by Crippen LogP contribution is 2.21. The first kappa shape index (κ1) is 24.0. The highest BCUT2D eigenvalue weighted by atomic mass is 32.2. The molecule has 10 nitrogen and oxygen atoms in total. The van der Waals surface area contributed by atoms with Crippen molar-refractivity contribution in [1.82, 2.24) is 19.1 Å². The van der Waals surface area contributed by atoms with Gasteiger partial charge in [0, 0.05) is 31.1 Å². The number of aryl methyl sites for hydroxylation is 1. The van der Waals surface area contributed by atoms with Gasteiger partial charge in [0.2, 0.25) is 10.0 Å². The van der Waals surface area contributed by atoms with Crippen molar-refractivity contribution in [3.05, 3.63) is 96.7 Å². The van der Waals surface area contributed by atoms with Crippen LogP contribution >= 0.6 is 0 Å². The van der Waals surface area contributed by atoms with E-state index in [2.05, 4.69) is 15.4 Å². The largest absolute Gasteiger partial charge is 0.480 e. The normalized spacial score (nSPS) is 11.5. The summed E-state index contributed by atoms with van der Waals surface area (Å²) in [5.74, 6) is -0.658. The lowest BCUT2D eigenvalue weighted by Crippen LogP contribution is -2.32. The Bertz CT molecular complexity index is 1390. The number of anilines is 1. The first-order valence-electron chi connectivity index (χ1n) is 10.8. The lowest BCUT2D eigenvalue weighted by atomic mass is 10.2. The summed E-state index contributed by atoms with van der Waals surface area (Å²) in [6.45, 7) is -0.161. The smallest absolute Gasteiger partial charge is 0.322 e. The van der Waals surface area contributed by atoms with E-state index in [-0.39, 0.29) is 24.5 Å². The molecule has 180 valence electrons. The Hall–Kier alpha value is -4.09. The number of carboxylic acid groups (broad SMARTS) is 1. The van der Waals surface area contributed by atoms with Crippen LogP contribution in [0.5, 0.6) is 0 Å². The first-order valence-corrected chi connectivity index (χ1v) is 12.2. The Morgan fingerprint density at radius 2 is 1.80 bits per heavy atom. The van der Waals surface area contributed by atoms with Crippen LogP contribution in [0.15, 0.2) is 90.3 Å². The van der Waals surface area contributed by atoms with Crippen LogP contribution in [0.2, 0.25) is 0 Å². The summed E-state index contributed by atoms with van der Waals surface area (Å²) in [5, 5.41) is 15.8. The molecule has 0 bridgehead atoms. The third-order valence-electron chi connectivity index (χ3n) is 5.22. The van der Waals surface area contributed by atoms with Crippen molar-refractivity contribution in [1.29, 1.82) is 0 Å². The molecule has 2 N–H and O–H groups in total. The minimum absolute atomic E-state index is 0.00680. The average Bonchev–Trinajstić information content (AvgIpc) is 3.38. The highest BCUT2D eigenvalue weighted by molar-refractivity contribution is 7.89. The maximum absolute atomic E-state index is 13.6. The molecule has 0 atom stereocenters. The van der Waals surface area contributed by atoms with Gasteiger partial charge in [0.1, 0.15) is 19.4 Å². The van der Waals surface area contributed by atoms with Crippen molar-refractivity contribution in [2.24, 2.45) is 7.05 Å². The number of benzene rings is 1. The summed E-state index contributed by atoms with van der Waals surface area (Å²) in [6.07, 6.45) is 6.88. The zero-order chi connectivity index (χ0) is 24.8. The van der Waals surface area contributed by atoms with Crippen LogP contribution in [0.3, 0.4) is 0 Å². The number of carbonyl (C=O) groups is 1. The molecule has 0 unspecified atom stereocenters. The van der Waals surface area contributed by atoms with Gasteiger partial charge >= 0.3 is 5.97 Å². The van der Waals surface area contributed by atoms with Crippen molar-refractivity contribution in [3.63, 3.8) is 0 Å². The molecule has 0 aliphatic carbocycles. The molecule has 1 aromatic carbocycles. The van der Waals surface area contributed by atoms with E-state index in [1.807, 2.05) is 43.6 Å². The molecule has 3 aromatic heterocycles. The zero-order valence-electron chi connectivity index (χ0n) is 19.0. The van der Waals surface area contributed by atoms with Crippen LogP contribution in [0.1, 0.15) is 11.3 Å². The number of hydrogen-bond acceptors (Lipinski definition) is 6. The third kappa shape index (κ3) is 6.08. The molecule has 3 heterocycles. The molecule has 0 aliphatic heterocycles. The molecule has 35 heavy (non-hydrogen) atoms. The Labute approximate surface area is 203 Å². The quantitative estimate of drug-likeness (QED) is 0.324. The van der Waals surface area contributed by atoms with Gasteiger partial charge in [-0.15, -0.1) is 0 Å². The summed E-state index contributed by atoms with van der Waals surface area (Å²) in [4.78, 5) is 15.4. The Kier molecular flexibility index (Phi) is 7.18. The molecular weight excluding hydrogens is 468 g/mol. The topological polar surface area (TPSA) is 121 Å². The second-order valence-corrected chi connectivity index (χ2v) is 9.79. The predicted octanol–water partition coefficient (Wildman–Crippen LogP) is 1.98. The van der Waals surface area contributed by atoms with Gasteiger partial charge in [-0.3, -0.25) is 4.79 Å². The van der Waals surface area contributed by atoms with Gasteiger partial charge in [0.15, 0.2) is 12.4 Å². The summed E-state index contributed by atoms with van der Waals surface area (Å²) in [7, 11) is -2.04. The molecule has 0 radical (unpaired) electrons. The number of rotatable bonds is 10. The van der Waals surface area contributed by atoms with E-state index in [0.29, 0.717) is 11.5 Å². The van der Waals surface area contributed by atoms with Crippen molar-refractivity contribution in [2.75, 3.05) is 11.9 Å². The molecule has 4 rings (SSSR count). The van der Waals surface area contributed by atoms with E-state index in [9.17, 15) is 13.2 Å². The number of pyridine rings is 2. The monoisotopic (exact) mass is 493 g/mol. The Morgan fingerprint density at radius 1 is 1.06 bits per heavy atom.